The number of hydrogen-bond donors (Lipinski definition) is 2. The second kappa shape index (κ2) is 13.3. The molecule has 0 saturated carbocycles. The summed E-state index contributed by atoms with van der Waals surface area (Å²) in [6, 6.07) is 21.0. The van der Waals surface area contributed by atoms with Gasteiger partial charge in [-0.05, 0) is 70.7 Å². The number of nitrogens with one attached hydrogen (secondary N) is 2. The minimum absolute atomic E-state index is 0.245. The molecule has 40 heavy (non-hydrogen) atoms. The number of amides is 3. The van der Waals surface area contributed by atoms with Crippen LogP contribution in [-0.2, 0) is 20.7 Å². The fourth-order valence-electron chi connectivity index (χ4n) is 4.68. The van der Waals surface area contributed by atoms with Gasteiger partial charge in [0.1, 0.15) is 17.7 Å². The molecule has 212 valence electrons. The van der Waals surface area contributed by atoms with Crippen molar-refractivity contribution in [1.29, 1.82) is 0 Å². The molecule has 3 aromatic carbocycles. The van der Waals surface area contributed by atoms with Crippen LogP contribution in [0.1, 0.15) is 61.6 Å². The molecule has 2 unspecified atom stereocenters. The largest absolute Gasteiger partial charge is 0.444 e. The van der Waals surface area contributed by atoms with Gasteiger partial charge in [0, 0.05) is 18.7 Å². The summed E-state index contributed by atoms with van der Waals surface area (Å²) in [7, 11) is 0. The standard InChI is InChI=1S/C33H41N3O4/c1-8-36(31(38)27(21-25-17-10-9-11-18-25)34-32(39)40-33(5,6)7)29(26-19-12-14-22(2)20-26)30(37)35-28-23(3)15-13-16-24(28)4/h9-20,27,29H,8,21H2,1-7H3,(H,34,39)(H,35,37). The van der Waals surface area contributed by atoms with Gasteiger partial charge in [0.05, 0.1) is 0 Å². The van der Waals surface area contributed by atoms with E-state index in [4.69, 9.17) is 4.74 Å². The zero-order valence-electron chi connectivity index (χ0n) is 24.6. The molecular weight excluding hydrogens is 502 g/mol. The molecule has 0 aromatic heterocycles. The normalized spacial score (nSPS) is 12.7. The molecule has 2 atom stereocenters. The lowest BCUT2D eigenvalue weighted by atomic mass is 9.98. The molecule has 0 radical (unpaired) electrons. The summed E-state index contributed by atoms with van der Waals surface area (Å²) < 4.78 is 5.48. The van der Waals surface area contributed by atoms with E-state index < -0.39 is 23.8 Å². The van der Waals surface area contributed by atoms with E-state index in [2.05, 4.69) is 10.6 Å². The monoisotopic (exact) mass is 543 g/mol. The van der Waals surface area contributed by atoms with E-state index in [-0.39, 0.29) is 24.8 Å². The van der Waals surface area contributed by atoms with Crippen LogP contribution in [0.25, 0.3) is 0 Å². The summed E-state index contributed by atoms with van der Waals surface area (Å²) >= 11 is 0. The van der Waals surface area contributed by atoms with Gasteiger partial charge < -0.3 is 20.3 Å². The molecule has 7 heteroatoms. The molecule has 3 amide bonds. The van der Waals surface area contributed by atoms with E-state index in [1.54, 1.807) is 20.8 Å². The van der Waals surface area contributed by atoms with E-state index in [0.29, 0.717) is 5.56 Å². The third-order valence-electron chi connectivity index (χ3n) is 6.54. The molecule has 0 heterocycles. The van der Waals surface area contributed by atoms with E-state index in [0.717, 1.165) is 27.9 Å². The van der Waals surface area contributed by atoms with Gasteiger partial charge in [-0.2, -0.15) is 0 Å². The quantitative estimate of drug-likeness (QED) is 0.333. The van der Waals surface area contributed by atoms with Crippen LogP contribution >= 0.6 is 0 Å². The van der Waals surface area contributed by atoms with Gasteiger partial charge in [-0.25, -0.2) is 4.79 Å². The molecule has 3 rings (SSSR count). The van der Waals surface area contributed by atoms with Crippen LogP contribution in [0.3, 0.4) is 0 Å². The van der Waals surface area contributed by atoms with Gasteiger partial charge in [0.25, 0.3) is 5.91 Å². The predicted octanol–water partition coefficient (Wildman–Crippen LogP) is 6.28. The Morgan fingerprint density at radius 1 is 0.875 bits per heavy atom. The Kier molecular flexibility index (Phi) is 10.1. The molecule has 0 spiro atoms. The van der Waals surface area contributed by atoms with Crippen LogP contribution in [-0.4, -0.2) is 41.0 Å². The molecule has 7 nitrogen and oxygen atoms in total. The number of hydrogen-bond acceptors (Lipinski definition) is 4. The number of ether oxygens (including phenoxy) is 1. The second-order valence-electron chi connectivity index (χ2n) is 11.1. The van der Waals surface area contributed by atoms with Crippen molar-refractivity contribution in [3.8, 4) is 0 Å². The maximum Gasteiger partial charge on any atom is 0.408 e. The number of nitrogens with zero attached hydrogens (tertiary/aromatic N) is 1. The summed E-state index contributed by atoms with van der Waals surface area (Å²) in [5, 5.41) is 5.86. The van der Waals surface area contributed by atoms with Crippen LogP contribution in [0, 0.1) is 20.8 Å². The summed E-state index contributed by atoms with van der Waals surface area (Å²) in [4.78, 5) is 42.6. The molecule has 0 aliphatic heterocycles. The van der Waals surface area contributed by atoms with Crippen LogP contribution < -0.4 is 10.6 Å². The van der Waals surface area contributed by atoms with Crippen LogP contribution in [0.15, 0.2) is 72.8 Å². The summed E-state index contributed by atoms with van der Waals surface area (Å²) in [6.07, 6.45) is -0.445. The third kappa shape index (κ3) is 8.18. The van der Waals surface area contributed by atoms with Crippen LogP contribution in [0.2, 0.25) is 0 Å². The van der Waals surface area contributed by atoms with Crippen molar-refractivity contribution in [3.63, 3.8) is 0 Å². The number of alkyl carbamates (subject to hydrolysis) is 1. The highest BCUT2D eigenvalue weighted by atomic mass is 16.6. The van der Waals surface area contributed by atoms with Crippen molar-refractivity contribution in [2.45, 2.75) is 72.6 Å². The van der Waals surface area contributed by atoms with Gasteiger partial charge >= 0.3 is 6.09 Å². The van der Waals surface area contributed by atoms with Crippen LogP contribution in [0.4, 0.5) is 10.5 Å². The maximum absolute atomic E-state index is 14.2. The summed E-state index contributed by atoms with van der Waals surface area (Å²) in [5.74, 6) is -0.700. The average molecular weight is 544 g/mol. The van der Waals surface area contributed by atoms with Crippen molar-refractivity contribution >= 4 is 23.6 Å². The Hall–Kier alpha value is -4.13. The molecule has 0 aliphatic rings. The lowest BCUT2D eigenvalue weighted by Gasteiger charge is -2.34. The number of carbonyl (C=O) groups excluding carboxylic acids is 3. The van der Waals surface area contributed by atoms with Gasteiger partial charge in [0.2, 0.25) is 5.91 Å². The van der Waals surface area contributed by atoms with Crippen molar-refractivity contribution in [3.05, 3.63) is 101 Å². The molecular formula is C33H41N3O4. The Morgan fingerprint density at radius 3 is 2.08 bits per heavy atom. The van der Waals surface area contributed by atoms with Crippen molar-refractivity contribution in [2.24, 2.45) is 0 Å². The first-order chi connectivity index (χ1) is 18.9. The zero-order chi connectivity index (χ0) is 29.4. The fraction of sp³-hybridized carbons (Fsp3) is 0.364. The highest BCUT2D eigenvalue weighted by molar-refractivity contribution is 6.00. The van der Waals surface area contributed by atoms with Crippen molar-refractivity contribution in [1.82, 2.24) is 10.2 Å². The van der Waals surface area contributed by atoms with Gasteiger partial charge in [-0.1, -0.05) is 78.4 Å². The fourth-order valence-corrected chi connectivity index (χ4v) is 4.68. The smallest absolute Gasteiger partial charge is 0.408 e. The number of rotatable bonds is 9. The third-order valence-corrected chi connectivity index (χ3v) is 6.54. The minimum atomic E-state index is -0.947. The first kappa shape index (κ1) is 30.4. The average Bonchev–Trinajstić information content (AvgIpc) is 2.88. The van der Waals surface area contributed by atoms with E-state index >= 15 is 0 Å². The molecule has 2 N–H and O–H groups in total. The first-order valence-electron chi connectivity index (χ1n) is 13.7. The van der Waals surface area contributed by atoms with Crippen LogP contribution in [0.5, 0.6) is 0 Å². The molecule has 3 aromatic rings. The van der Waals surface area contributed by atoms with Crippen molar-refractivity contribution in [2.75, 3.05) is 11.9 Å². The summed E-state index contributed by atoms with van der Waals surface area (Å²) in [5.41, 5.74) is 4.39. The Morgan fingerprint density at radius 2 is 1.50 bits per heavy atom. The maximum atomic E-state index is 14.2. The number of aryl methyl sites for hydroxylation is 3. The number of anilines is 1. The number of benzene rings is 3. The second-order valence-corrected chi connectivity index (χ2v) is 11.1. The number of carbonyl (C=O) groups is 3. The Labute approximate surface area is 237 Å². The van der Waals surface area contributed by atoms with Gasteiger partial charge in [0.15, 0.2) is 0 Å². The van der Waals surface area contributed by atoms with E-state index in [1.165, 1.54) is 4.90 Å². The highest BCUT2D eigenvalue weighted by Gasteiger charge is 2.36. The lowest BCUT2D eigenvalue weighted by Crippen LogP contribution is -2.53. The molecule has 0 saturated heterocycles. The minimum Gasteiger partial charge on any atom is -0.444 e. The number of para-hydroxylation sites is 1. The van der Waals surface area contributed by atoms with E-state index in [1.807, 2.05) is 100 Å². The highest BCUT2D eigenvalue weighted by Crippen LogP contribution is 2.27. The van der Waals surface area contributed by atoms with Gasteiger partial charge in [-0.15, -0.1) is 0 Å². The molecule has 0 aliphatic carbocycles. The Balaban J connectivity index is 2.02. The topological polar surface area (TPSA) is 87.7 Å². The number of likely N-dealkylation sites (N-methyl/N-ethyl adjacent to an activating group) is 1. The van der Waals surface area contributed by atoms with Gasteiger partial charge in [-0.3, -0.25) is 9.59 Å². The molecule has 0 fully saturated rings. The summed E-state index contributed by atoms with van der Waals surface area (Å²) in [6.45, 7) is 13.2. The predicted molar refractivity (Wildman–Crippen MR) is 159 cm³/mol. The SMILES string of the molecule is CCN(C(=O)C(Cc1ccccc1)NC(=O)OC(C)(C)C)C(C(=O)Nc1c(C)cccc1C)c1cccc(C)c1. The zero-order valence-corrected chi connectivity index (χ0v) is 24.6. The Bertz CT molecular complexity index is 1310. The van der Waals surface area contributed by atoms with E-state index in [9.17, 15) is 14.4 Å². The molecule has 0 bridgehead atoms. The van der Waals surface area contributed by atoms with Crippen molar-refractivity contribution < 1.29 is 19.1 Å². The lowest BCUT2D eigenvalue weighted by molar-refractivity contribution is -0.140. The first-order valence-corrected chi connectivity index (χ1v) is 13.7.